The molecule has 0 fully saturated rings. The molecule has 0 saturated heterocycles. The molecule has 7 heteroatoms. The Labute approximate surface area is 120 Å². The summed E-state index contributed by atoms with van der Waals surface area (Å²) in [5.41, 5.74) is -0.466. The van der Waals surface area contributed by atoms with Crippen LogP contribution in [0.15, 0.2) is 23.1 Å². The summed E-state index contributed by atoms with van der Waals surface area (Å²) in [5.74, 6) is -1.96. The first kappa shape index (κ1) is 16.4. The van der Waals surface area contributed by atoms with Gasteiger partial charge in [0.25, 0.3) is 0 Å². The van der Waals surface area contributed by atoms with E-state index in [2.05, 4.69) is 10.6 Å². The van der Waals surface area contributed by atoms with E-state index in [0.717, 1.165) is 30.0 Å². The number of amides is 3. The minimum absolute atomic E-state index is 0.0244. The molecular formula is C13H16F2N2O2S. The number of imide groups is 1. The van der Waals surface area contributed by atoms with E-state index >= 15 is 0 Å². The van der Waals surface area contributed by atoms with Gasteiger partial charge in [0.1, 0.15) is 11.6 Å². The van der Waals surface area contributed by atoms with Crippen molar-refractivity contribution in [2.24, 2.45) is 0 Å². The number of nitrogens with one attached hydrogen (secondary N) is 2. The van der Waals surface area contributed by atoms with Gasteiger partial charge in [-0.25, -0.2) is 13.6 Å². The monoisotopic (exact) mass is 302 g/mol. The molecule has 20 heavy (non-hydrogen) atoms. The van der Waals surface area contributed by atoms with Gasteiger partial charge in [-0.15, -0.1) is 11.8 Å². The molecule has 0 heterocycles. The molecule has 0 aromatic heterocycles. The van der Waals surface area contributed by atoms with E-state index in [9.17, 15) is 18.4 Å². The van der Waals surface area contributed by atoms with Crippen LogP contribution in [0, 0.1) is 11.6 Å². The van der Waals surface area contributed by atoms with Crippen molar-refractivity contribution in [3.63, 3.8) is 0 Å². The standard InChI is InChI=1S/C13H16F2N2O2S/c1-13(2,3)17-12(19)16-11(18)7-20-10-6-8(14)4-5-9(10)15/h4-6H,7H2,1-3H3,(H2,16,17,18,19). The second-order valence-electron chi connectivity index (χ2n) is 5.12. The highest BCUT2D eigenvalue weighted by Gasteiger charge is 2.16. The fraction of sp³-hybridized carbons (Fsp3) is 0.385. The molecule has 2 N–H and O–H groups in total. The second-order valence-corrected chi connectivity index (χ2v) is 6.13. The van der Waals surface area contributed by atoms with Crippen LogP contribution in [0.5, 0.6) is 0 Å². The second kappa shape index (κ2) is 6.69. The summed E-state index contributed by atoms with van der Waals surface area (Å²) in [5, 5.41) is 4.67. The summed E-state index contributed by atoms with van der Waals surface area (Å²) in [6.07, 6.45) is 0. The van der Waals surface area contributed by atoms with Gasteiger partial charge in [-0.05, 0) is 39.0 Å². The molecule has 4 nitrogen and oxygen atoms in total. The number of halogens is 2. The van der Waals surface area contributed by atoms with E-state index in [4.69, 9.17) is 0 Å². The first-order valence-corrected chi connectivity index (χ1v) is 6.86. The molecular weight excluding hydrogens is 286 g/mol. The van der Waals surface area contributed by atoms with Gasteiger partial charge in [-0.2, -0.15) is 0 Å². The van der Waals surface area contributed by atoms with Crippen molar-refractivity contribution in [2.45, 2.75) is 31.2 Å². The number of urea groups is 1. The summed E-state index contributed by atoms with van der Waals surface area (Å²) in [4.78, 5) is 22.9. The van der Waals surface area contributed by atoms with Crippen LogP contribution in [0.1, 0.15) is 20.8 Å². The lowest BCUT2D eigenvalue weighted by molar-refractivity contribution is -0.117. The van der Waals surface area contributed by atoms with Crippen molar-refractivity contribution < 1.29 is 18.4 Å². The Hall–Kier alpha value is -1.63. The third-order valence-corrected chi connectivity index (χ3v) is 3.02. The Morgan fingerprint density at radius 3 is 2.50 bits per heavy atom. The van der Waals surface area contributed by atoms with E-state index in [-0.39, 0.29) is 10.6 Å². The van der Waals surface area contributed by atoms with E-state index in [0.29, 0.717) is 0 Å². The van der Waals surface area contributed by atoms with Crippen LogP contribution >= 0.6 is 11.8 Å². The molecule has 0 spiro atoms. The first-order valence-electron chi connectivity index (χ1n) is 5.87. The lowest BCUT2D eigenvalue weighted by Gasteiger charge is -2.20. The topological polar surface area (TPSA) is 58.2 Å². The smallest absolute Gasteiger partial charge is 0.321 e. The number of rotatable bonds is 3. The van der Waals surface area contributed by atoms with Gasteiger partial charge in [-0.3, -0.25) is 10.1 Å². The maximum atomic E-state index is 13.3. The molecule has 0 aliphatic carbocycles. The van der Waals surface area contributed by atoms with E-state index in [1.54, 1.807) is 20.8 Å². The van der Waals surface area contributed by atoms with Crippen LogP contribution in [0.4, 0.5) is 13.6 Å². The predicted molar refractivity (Wildman–Crippen MR) is 73.5 cm³/mol. The summed E-state index contributed by atoms with van der Waals surface area (Å²) >= 11 is 0.822. The highest BCUT2D eigenvalue weighted by atomic mass is 32.2. The fourth-order valence-corrected chi connectivity index (χ4v) is 2.03. The van der Waals surface area contributed by atoms with Crippen molar-refractivity contribution in [2.75, 3.05) is 5.75 Å². The molecule has 110 valence electrons. The average molecular weight is 302 g/mol. The minimum atomic E-state index is -0.622. The normalized spacial score (nSPS) is 11.1. The SMILES string of the molecule is CC(C)(C)NC(=O)NC(=O)CSc1cc(F)ccc1F. The number of benzene rings is 1. The average Bonchev–Trinajstić information content (AvgIpc) is 2.27. The van der Waals surface area contributed by atoms with Crippen molar-refractivity contribution in [3.05, 3.63) is 29.8 Å². The van der Waals surface area contributed by atoms with E-state index < -0.39 is 29.1 Å². The Balaban J connectivity index is 2.48. The van der Waals surface area contributed by atoms with Gasteiger partial charge in [0.2, 0.25) is 5.91 Å². The van der Waals surface area contributed by atoms with Gasteiger partial charge in [-0.1, -0.05) is 0 Å². The zero-order valence-corrected chi connectivity index (χ0v) is 12.2. The van der Waals surface area contributed by atoms with Crippen LogP contribution < -0.4 is 10.6 Å². The van der Waals surface area contributed by atoms with E-state index in [1.165, 1.54) is 0 Å². The Kier molecular flexibility index (Phi) is 5.50. The molecule has 1 rings (SSSR count). The highest BCUT2D eigenvalue weighted by Crippen LogP contribution is 2.22. The molecule has 1 aromatic rings. The van der Waals surface area contributed by atoms with E-state index in [1.807, 2.05) is 0 Å². The molecule has 0 unspecified atom stereocenters. The molecule has 1 aromatic carbocycles. The Morgan fingerprint density at radius 2 is 1.90 bits per heavy atom. The molecule has 0 saturated carbocycles. The summed E-state index contributed by atoms with van der Waals surface area (Å²) < 4.78 is 26.2. The third kappa shape index (κ3) is 6.01. The van der Waals surface area contributed by atoms with Crippen molar-refractivity contribution in [1.29, 1.82) is 0 Å². The fourth-order valence-electron chi connectivity index (χ4n) is 1.27. The zero-order chi connectivity index (χ0) is 15.3. The number of hydrogen-bond donors (Lipinski definition) is 2. The van der Waals surface area contributed by atoms with Gasteiger partial charge in [0.15, 0.2) is 0 Å². The zero-order valence-electron chi connectivity index (χ0n) is 11.4. The molecule has 0 atom stereocenters. The number of carbonyl (C=O) groups is 2. The molecule has 3 amide bonds. The molecule has 0 radical (unpaired) electrons. The summed E-state index contributed by atoms with van der Waals surface area (Å²) in [7, 11) is 0. The van der Waals surface area contributed by atoms with Crippen LogP contribution in [0.2, 0.25) is 0 Å². The van der Waals surface area contributed by atoms with Gasteiger partial charge >= 0.3 is 6.03 Å². The lowest BCUT2D eigenvalue weighted by Crippen LogP contribution is -2.48. The highest BCUT2D eigenvalue weighted by molar-refractivity contribution is 8.00. The first-order chi connectivity index (χ1) is 9.17. The lowest BCUT2D eigenvalue weighted by atomic mass is 10.1. The van der Waals surface area contributed by atoms with Gasteiger partial charge in [0, 0.05) is 10.4 Å². The van der Waals surface area contributed by atoms with Gasteiger partial charge < -0.3 is 5.32 Å². The number of hydrogen-bond acceptors (Lipinski definition) is 3. The van der Waals surface area contributed by atoms with Crippen LogP contribution in [0.25, 0.3) is 0 Å². The number of carbonyl (C=O) groups excluding carboxylic acids is 2. The maximum absolute atomic E-state index is 13.3. The van der Waals surface area contributed by atoms with Gasteiger partial charge in [0.05, 0.1) is 5.75 Å². The summed E-state index contributed by atoms with van der Waals surface area (Å²) in [6.45, 7) is 5.32. The molecule has 0 bridgehead atoms. The summed E-state index contributed by atoms with van der Waals surface area (Å²) in [6, 6.07) is 2.36. The third-order valence-electron chi connectivity index (χ3n) is 1.99. The predicted octanol–water partition coefficient (Wildman–Crippen LogP) is 2.68. The van der Waals surface area contributed by atoms with Crippen molar-refractivity contribution in [3.8, 4) is 0 Å². The Morgan fingerprint density at radius 1 is 1.25 bits per heavy atom. The molecule has 0 aliphatic rings. The van der Waals surface area contributed by atoms with Crippen LogP contribution in [-0.4, -0.2) is 23.2 Å². The minimum Gasteiger partial charge on any atom is -0.333 e. The van der Waals surface area contributed by atoms with Crippen LogP contribution in [0.3, 0.4) is 0 Å². The van der Waals surface area contributed by atoms with Crippen molar-refractivity contribution in [1.82, 2.24) is 10.6 Å². The largest absolute Gasteiger partial charge is 0.333 e. The quantitative estimate of drug-likeness (QED) is 0.844. The molecule has 0 aliphatic heterocycles. The Bertz CT molecular complexity index is 516. The number of thioether (sulfide) groups is 1. The van der Waals surface area contributed by atoms with Crippen LogP contribution in [-0.2, 0) is 4.79 Å². The van der Waals surface area contributed by atoms with Crippen molar-refractivity contribution >= 4 is 23.7 Å². The maximum Gasteiger partial charge on any atom is 0.321 e.